The van der Waals surface area contributed by atoms with Crippen LogP contribution in [0, 0.1) is 0 Å². The van der Waals surface area contributed by atoms with Crippen LogP contribution in [0.2, 0.25) is 0 Å². The van der Waals surface area contributed by atoms with Crippen molar-refractivity contribution in [3.63, 3.8) is 0 Å². The molecular weight excluding hydrogens is 418 g/mol. The summed E-state index contributed by atoms with van der Waals surface area (Å²) in [6, 6.07) is 24.9. The van der Waals surface area contributed by atoms with Crippen LogP contribution in [0.15, 0.2) is 94.1 Å². The molecule has 0 saturated carbocycles. The first-order valence-electron chi connectivity index (χ1n) is 10.6. The van der Waals surface area contributed by atoms with Gasteiger partial charge in [0.15, 0.2) is 0 Å². The lowest BCUT2D eigenvalue weighted by molar-refractivity contribution is -0.135. The maximum absolute atomic E-state index is 13.2. The third-order valence-electron chi connectivity index (χ3n) is 5.09. The molecule has 6 heteroatoms. The third kappa shape index (κ3) is 5.01. The number of hydrogen-bond donors (Lipinski definition) is 1. The minimum Gasteiger partial charge on any atom is -0.426 e. The largest absolute Gasteiger partial charge is 0.426 e. The molecule has 0 atom stereocenters. The van der Waals surface area contributed by atoms with Crippen LogP contribution in [0.3, 0.4) is 0 Å². The van der Waals surface area contributed by atoms with Gasteiger partial charge in [-0.15, -0.1) is 0 Å². The van der Waals surface area contributed by atoms with Gasteiger partial charge in [-0.25, -0.2) is 4.79 Å². The predicted octanol–water partition coefficient (Wildman–Crippen LogP) is 4.67. The summed E-state index contributed by atoms with van der Waals surface area (Å²) in [6.07, 6.45) is 0. The summed E-state index contributed by atoms with van der Waals surface area (Å²) in [5.74, 6) is -1.32. The van der Waals surface area contributed by atoms with Gasteiger partial charge in [-0.2, -0.15) is 0 Å². The lowest BCUT2D eigenvalue weighted by atomic mass is 9.91. The molecule has 3 aromatic carbocycles. The van der Waals surface area contributed by atoms with E-state index < -0.39 is 23.4 Å². The van der Waals surface area contributed by atoms with Crippen LogP contribution in [-0.2, 0) is 4.79 Å². The lowest BCUT2D eigenvalue weighted by Gasteiger charge is -2.17. The number of carbonyl (C=O) groups excluding carboxylic acids is 2. The van der Waals surface area contributed by atoms with Crippen LogP contribution in [0.4, 0.5) is 0 Å². The number of ether oxygens (including phenoxy) is 1. The molecule has 33 heavy (non-hydrogen) atoms. The molecule has 1 N–H and O–H groups in total. The quantitative estimate of drug-likeness (QED) is 0.267. The van der Waals surface area contributed by atoms with Crippen LogP contribution < -0.4 is 15.7 Å². The lowest BCUT2D eigenvalue weighted by Crippen LogP contribution is -2.33. The highest BCUT2D eigenvalue weighted by molar-refractivity contribution is 5.97. The summed E-state index contributed by atoms with van der Waals surface area (Å²) in [4.78, 5) is 37.8. The molecule has 6 nitrogen and oxygen atoms in total. The Kier molecular flexibility index (Phi) is 6.36. The monoisotopic (exact) mass is 441 g/mol. The molecule has 0 aliphatic heterocycles. The first kappa shape index (κ1) is 22.0. The summed E-state index contributed by atoms with van der Waals surface area (Å²) in [7, 11) is 0. The molecule has 0 aliphatic rings. The topological polar surface area (TPSA) is 85.6 Å². The maximum atomic E-state index is 13.2. The summed E-state index contributed by atoms with van der Waals surface area (Å²) in [5, 5.41) is 3.22. The van der Waals surface area contributed by atoms with Crippen molar-refractivity contribution in [3.05, 3.63) is 112 Å². The molecule has 0 spiro atoms. The van der Waals surface area contributed by atoms with Gasteiger partial charge in [0.2, 0.25) is 0 Å². The van der Waals surface area contributed by atoms with E-state index in [9.17, 15) is 14.4 Å². The molecule has 166 valence electrons. The van der Waals surface area contributed by atoms with Gasteiger partial charge < -0.3 is 14.5 Å². The first-order valence-corrected chi connectivity index (χ1v) is 10.6. The van der Waals surface area contributed by atoms with Crippen LogP contribution in [0.5, 0.6) is 5.75 Å². The number of benzene rings is 3. The highest BCUT2D eigenvalue weighted by atomic mass is 16.5. The van der Waals surface area contributed by atoms with Crippen molar-refractivity contribution < 1.29 is 18.7 Å². The number of amides is 1. The Balaban J connectivity index is 1.64. The second-order valence-corrected chi connectivity index (χ2v) is 7.95. The van der Waals surface area contributed by atoms with E-state index in [1.54, 1.807) is 26.0 Å². The van der Waals surface area contributed by atoms with E-state index in [-0.39, 0.29) is 22.9 Å². The van der Waals surface area contributed by atoms with Crippen molar-refractivity contribution >= 4 is 22.8 Å². The van der Waals surface area contributed by atoms with Gasteiger partial charge in [0.25, 0.3) is 5.91 Å². The molecule has 0 fully saturated rings. The van der Waals surface area contributed by atoms with Gasteiger partial charge in [0, 0.05) is 17.5 Å². The van der Waals surface area contributed by atoms with Crippen molar-refractivity contribution in [2.24, 2.45) is 0 Å². The van der Waals surface area contributed by atoms with Gasteiger partial charge in [-0.3, -0.25) is 9.59 Å². The van der Waals surface area contributed by atoms with Gasteiger partial charge in [-0.05, 0) is 43.2 Å². The normalized spacial score (nSPS) is 11.0. The fraction of sp³-hybridized carbons (Fsp3) is 0.148. The molecule has 0 aliphatic carbocycles. The minimum atomic E-state index is -0.754. The first-order chi connectivity index (χ1) is 15.9. The van der Waals surface area contributed by atoms with E-state index >= 15 is 0 Å². The Labute approximate surface area is 190 Å². The fourth-order valence-electron chi connectivity index (χ4n) is 3.58. The number of carbonyl (C=O) groups is 2. The highest BCUT2D eigenvalue weighted by Gasteiger charge is 2.25. The molecule has 1 heterocycles. The van der Waals surface area contributed by atoms with Crippen LogP contribution in [0.1, 0.15) is 41.3 Å². The molecule has 0 bridgehead atoms. The van der Waals surface area contributed by atoms with Gasteiger partial charge in [0.1, 0.15) is 22.8 Å². The van der Waals surface area contributed by atoms with Gasteiger partial charge in [-0.1, -0.05) is 60.7 Å². The number of hydrogen-bond acceptors (Lipinski definition) is 5. The Morgan fingerprint density at radius 3 is 2.03 bits per heavy atom. The van der Waals surface area contributed by atoms with E-state index in [0.717, 1.165) is 11.1 Å². The highest BCUT2D eigenvalue weighted by Crippen LogP contribution is 2.28. The zero-order valence-corrected chi connectivity index (χ0v) is 18.3. The van der Waals surface area contributed by atoms with E-state index in [1.165, 1.54) is 12.1 Å². The summed E-state index contributed by atoms with van der Waals surface area (Å²) in [6.45, 7) is 3.61. The zero-order valence-electron chi connectivity index (χ0n) is 18.3. The maximum Gasteiger partial charge on any atom is 0.349 e. The number of rotatable bonds is 6. The van der Waals surface area contributed by atoms with E-state index in [2.05, 4.69) is 5.32 Å². The number of esters is 1. The van der Waals surface area contributed by atoms with E-state index in [4.69, 9.17) is 9.15 Å². The van der Waals surface area contributed by atoms with Crippen molar-refractivity contribution in [2.75, 3.05) is 0 Å². The second kappa shape index (κ2) is 9.53. The van der Waals surface area contributed by atoms with E-state index in [0.29, 0.717) is 5.39 Å². The fourth-order valence-corrected chi connectivity index (χ4v) is 3.58. The zero-order chi connectivity index (χ0) is 23.4. The molecule has 4 rings (SSSR count). The molecule has 1 amide bonds. The Morgan fingerprint density at radius 2 is 1.45 bits per heavy atom. The second-order valence-electron chi connectivity index (χ2n) is 7.95. The molecule has 0 saturated heterocycles. The molecule has 1 aromatic heterocycles. The SMILES string of the molecule is CC(C)NC(=O)c1cc2ccc(OC(=O)C(c3ccccc3)c3ccccc3)cc2oc1=O. The Bertz CT molecular complexity index is 1300. The van der Waals surface area contributed by atoms with E-state index in [1.807, 2.05) is 60.7 Å². The van der Waals surface area contributed by atoms with Crippen molar-refractivity contribution in [2.45, 2.75) is 25.8 Å². The van der Waals surface area contributed by atoms with Crippen molar-refractivity contribution in [1.82, 2.24) is 5.32 Å². The molecule has 4 aromatic rings. The van der Waals surface area contributed by atoms with Crippen LogP contribution in [0.25, 0.3) is 11.0 Å². The van der Waals surface area contributed by atoms with Gasteiger partial charge >= 0.3 is 11.6 Å². The van der Waals surface area contributed by atoms with Crippen LogP contribution in [-0.4, -0.2) is 17.9 Å². The smallest absolute Gasteiger partial charge is 0.349 e. The standard InChI is InChI=1S/C27H23NO5/c1-17(2)28-25(29)22-15-20-13-14-21(16-23(20)33-26(22)30)32-27(31)24(18-9-5-3-6-10-18)19-11-7-4-8-12-19/h3-17,24H,1-2H3,(H,28,29). The predicted molar refractivity (Wildman–Crippen MR) is 125 cm³/mol. The van der Waals surface area contributed by atoms with Crippen LogP contribution >= 0.6 is 0 Å². The third-order valence-corrected chi connectivity index (χ3v) is 5.09. The summed E-state index contributed by atoms with van der Waals surface area (Å²) >= 11 is 0. The van der Waals surface area contributed by atoms with Crippen molar-refractivity contribution in [1.29, 1.82) is 0 Å². The summed E-state index contributed by atoms with van der Waals surface area (Å²) < 4.78 is 11.0. The Hall–Kier alpha value is -4.19. The minimum absolute atomic E-state index is 0.0748. The van der Waals surface area contributed by atoms with Crippen molar-refractivity contribution in [3.8, 4) is 5.75 Å². The number of fused-ring (bicyclic) bond motifs is 1. The van der Waals surface area contributed by atoms with Gasteiger partial charge in [0.05, 0.1) is 0 Å². The average Bonchev–Trinajstić information content (AvgIpc) is 2.79. The number of nitrogens with one attached hydrogen (secondary N) is 1. The summed E-state index contributed by atoms with van der Waals surface area (Å²) in [5.41, 5.74) is 1.01. The molecular formula is C27H23NO5. The average molecular weight is 441 g/mol. The molecule has 0 unspecified atom stereocenters. The molecule has 0 radical (unpaired) electrons. The Morgan fingerprint density at radius 1 is 0.848 bits per heavy atom.